The minimum Gasteiger partial charge on any atom is -0.493 e. The topological polar surface area (TPSA) is 38.8 Å². The van der Waals surface area contributed by atoms with Crippen molar-refractivity contribution in [1.29, 1.82) is 0 Å². The number of carbonyl (C=O) groups excluding carboxylic acids is 1. The van der Waals surface area contributed by atoms with Crippen molar-refractivity contribution < 1.29 is 14.3 Å². The molecule has 24 heavy (non-hydrogen) atoms. The monoisotopic (exact) mass is 443 g/mol. The quantitative estimate of drug-likeness (QED) is 0.630. The number of hydrogen-bond donors (Lipinski definition) is 0. The molecule has 2 saturated carbocycles. The summed E-state index contributed by atoms with van der Waals surface area (Å²) in [7, 11) is 3.23. The van der Waals surface area contributed by atoms with Crippen LogP contribution in [0.1, 0.15) is 55.8 Å². The van der Waals surface area contributed by atoms with E-state index >= 15 is 0 Å². The van der Waals surface area contributed by atoms with Gasteiger partial charge >= 0.3 is 0 Å². The number of hydrogen-bond acceptors (Lipinski definition) is 3. The van der Waals surface area contributed by atoms with Crippen LogP contribution in [0.3, 0.4) is 0 Å². The molecule has 2 aliphatic rings. The molecular formula is C19H26INO3. The number of ether oxygens (including phenoxy) is 2. The van der Waals surface area contributed by atoms with Crippen molar-refractivity contribution in [3.63, 3.8) is 0 Å². The van der Waals surface area contributed by atoms with E-state index in [1.54, 1.807) is 14.2 Å². The molecule has 0 N–H and O–H groups in total. The average molecular weight is 443 g/mol. The third-order valence-corrected chi connectivity index (χ3v) is 6.15. The van der Waals surface area contributed by atoms with E-state index in [9.17, 15) is 4.79 Å². The molecule has 0 aromatic heterocycles. The second-order valence-corrected chi connectivity index (χ2v) is 8.21. The third kappa shape index (κ3) is 3.65. The van der Waals surface area contributed by atoms with Gasteiger partial charge in [0.25, 0.3) is 5.91 Å². The Kier molecular flexibility index (Phi) is 5.57. The fourth-order valence-corrected chi connectivity index (χ4v) is 4.33. The van der Waals surface area contributed by atoms with Gasteiger partial charge in [0.05, 0.1) is 19.8 Å². The van der Waals surface area contributed by atoms with Gasteiger partial charge in [-0.05, 0) is 79.2 Å². The van der Waals surface area contributed by atoms with Crippen LogP contribution in [0.25, 0.3) is 0 Å². The van der Waals surface area contributed by atoms with Crippen molar-refractivity contribution in [2.75, 3.05) is 14.2 Å². The summed E-state index contributed by atoms with van der Waals surface area (Å²) in [5.41, 5.74) is 0.735. The van der Waals surface area contributed by atoms with Crippen molar-refractivity contribution in [1.82, 2.24) is 4.90 Å². The molecule has 1 aromatic carbocycles. The van der Waals surface area contributed by atoms with Crippen molar-refractivity contribution in [3.05, 3.63) is 21.3 Å². The number of halogens is 1. The summed E-state index contributed by atoms with van der Waals surface area (Å²) in [6, 6.07) is 4.55. The fourth-order valence-electron chi connectivity index (χ4n) is 3.66. The highest BCUT2D eigenvalue weighted by molar-refractivity contribution is 14.1. The van der Waals surface area contributed by atoms with Crippen LogP contribution in [0.15, 0.2) is 12.1 Å². The molecule has 0 unspecified atom stereocenters. The second-order valence-electron chi connectivity index (χ2n) is 7.04. The first-order valence-electron chi connectivity index (χ1n) is 8.79. The molecule has 1 amide bonds. The summed E-state index contributed by atoms with van der Waals surface area (Å²) in [6.07, 6.45) is 7.00. The Morgan fingerprint density at radius 1 is 1.00 bits per heavy atom. The van der Waals surface area contributed by atoms with Crippen LogP contribution in [-0.4, -0.2) is 37.1 Å². The Bertz CT molecular complexity index is 607. The van der Waals surface area contributed by atoms with Gasteiger partial charge in [0, 0.05) is 15.7 Å². The van der Waals surface area contributed by atoms with Crippen molar-refractivity contribution >= 4 is 28.5 Å². The lowest BCUT2D eigenvalue weighted by Crippen LogP contribution is -2.44. The normalized spacial score (nSPS) is 23.7. The summed E-state index contributed by atoms with van der Waals surface area (Å²) in [5, 5.41) is 0. The Labute approximate surface area is 158 Å². The minimum absolute atomic E-state index is 0.155. The van der Waals surface area contributed by atoms with Crippen LogP contribution >= 0.6 is 22.6 Å². The maximum atomic E-state index is 13.3. The minimum atomic E-state index is 0.155. The van der Waals surface area contributed by atoms with Crippen LogP contribution in [0.4, 0.5) is 0 Å². The van der Waals surface area contributed by atoms with Gasteiger partial charge < -0.3 is 14.4 Å². The first-order valence-corrected chi connectivity index (χ1v) is 9.87. The predicted molar refractivity (Wildman–Crippen MR) is 103 cm³/mol. The number of carbonyl (C=O) groups is 1. The fraction of sp³-hybridized carbons (Fsp3) is 0.632. The summed E-state index contributed by atoms with van der Waals surface area (Å²) in [6.45, 7) is 2.32. The lowest BCUT2D eigenvalue weighted by Gasteiger charge is -2.36. The molecule has 4 nitrogen and oxygen atoms in total. The number of rotatable bonds is 5. The van der Waals surface area contributed by atoms with Gasteiger partial charge in [0.2, 0.25) is 0 Å². The molecule has 5 heteroatoms. The molecule has 132 valence electrons. The van der Waals surface area contributed by atoms with E-state index in [0.717, 1.165) is 40.7 Å². The molecule has 3 rings (SSSR count). The van der Waals surface area contributed by atoms with E-state index in [4.69, 9.17) is 9.47 Å². The summed E-state index contributed by atoms with van der Waals surface area (Å²) >= 11 is 2.23. The van der Waals surface area contributed by atoms with E-state index in [0.29, 0.717) is 23.6 Å². The Morgan fingerprint density at radius 3 is 2.00 bits per heavy atom. The zero-order valence-corrected chi connectivity index (χ0v) is 16.8. The number of nitrogens with zero attached hydrogens (tertiary/aromatic N) is 1. The zero-order chi connectivity index (χ0) is 17.3. The van der Waals surface area contributed by atoms with Crippen molar-refractivity contribution in [2.45, 2.75) is 57.5 Å². The van der Waals surface area contributed by atoms with Crippen LogP contribution < -0.4 is 9.47 Å². The molecule has 0 radical (unpaired) electrons. The molecule has 0 bridgehead atoms. The lowest BCUT2D eigenvalue weighted by molar-refractivity contribution is 0.0591. The van der Waals surface area contributed by atoms with Crippen LogP contribution in [-0.2, 0) is 0 Å². The van der Waals surface area contributed by atoms with Crippen LogP contribution in [0.2, 0.25) is 0 Å². The first kappa shape index (κ1) is 17.8. The smallest absolute Gasteiger partial charge is 0.255 e. The standard InChI is InChI=1S/C19H26INO3/c1-12-4-6-13(7-5-12)21(14-8-9-14)19(22)15-10-17(23-2)18(24-3)11-16(15)20/h10-14H,4-9H2,1-3H3. The highest BCUT2D eigenvalue weighted by Gasteiger charge is 2.39. The van der Waals surface area contributed by atoms with E-state index < -0.39 is 0 Å². The predicted octanol–water partition coefficient (Wildman–Crippen LogP) is 4.49. The molecule has 0 saturated heterocycles. The lowest BCUT2D eigenvalue weighted by atomic mass is 9.86. The van der Waals surface area contributed by atoms with Crippen LogP contribution in [0.5, 0.6) is 11.5 Å². The highest BCUT2D eigenvalue weighted by atomic mass is 127. The summed E-state index contributed by atoms with van der Waals surface area (Å²) < 4.78 is 11.7. The molecule has 1 aromatic rings. The average Bonchev–Trinajstić information content (AvgIpc) is 3.41. The largest absolute Gasteiger partial charge is 0.493 e. The SMILES string of the molecule is COc1cc(I)c(C(=O)N(C2CCC(C)CC2)C2CC2)cc1OC. The summed E-state index contributed by atoms with van der Waals surface area (Å²) in [4.78, 5) is 15.5. The van der Waals surface area contributed by atoms with Gasteiger partial charge in [-0.2, -0.15) is 0 Å². The zero-order valence-electron chi connectivity index (χ0n) is 14.7. The van der Waals surface area contributed by atoms with Crippen molar-refractivity contribution in [3.8, 4) is 11.5 Å². The first-order chi connectivity index (χ1) is 11.5. The molecular weight excluding hydrogens is 417 g/mol. The maximum Gasteiger partial charge on any atom is 0.255 e. The Morgan fingerprint density at radius 2 is 1.50 bits per heavy atom. The highest BCUT2D eigenvalue weighted by Crippen LogP contribution is 2.38. The van der Waals surface area contributed by atoms with Gasteiger partial charge in [-0.1, -0.05) is 6.92 Å². The van der Waals surface area contributed by atoms with E-state index in [1.807, 2.05) is 12.1 Å². The van der Waals surface area contributed by atoms with E-state index in [-0.39, 0.29) is 5.91 Å². The second kappa shape index (κ2) is 7.50. The molecule has 0 heterocycles. The van der Waals surface area contributed by atoms with Gasteiger partial charge in [-0.15, -0.1) is 0 Å². The number of methoxy groups -OCH3 is 2. The maximum absolute atomic E-state index is 13.3. The molecule has 0 spiro atoms. The van der Waals surface area contributed by atoms with E-state index in [2.05, 4.69) is 34.4 Å². The third-order valence-electron chi connectivity index (χ3n) is 5.26. The van der Waals surface area contributed by atoms with Gasteiger partial charge in [-0.3, -0.25) is 4.79 Å². The molecule has 0 aliphatic heterocycles. The molecule has 2 fully saturated rings. The summed E-state index contributed by atoms with van der Waals surface area (Å²) in [5.74, 6) is 2.23. The van der Waals surface area contributed by atoms with E-state index in [1.165, 1.54) is 12.8 Å². The van der Waals surface area contributed by atoms with Crippen LogP contribution in [0, 0.1) is 9.49 Å². The van der Waals surface area contributed by atoms with Gasteiger partial charge in [0.15, 0.2) is 11.5 Å². The molecule has 2 aliphatic carbocycles. The van der Waals surface area contributed by atoms with Crippen molar-refractivity contribution in [2.24, 2.45) is 5.92 Å². The van der Waals surface area contributed by atoms with Gasteiger partial charge in [-0.25, -0.2) is 0 Å². The Balaban J connectivity index is 1.88. The number of benzene rings is 1. The van der Waals surface area contributed by atoms with Gasteiger partial charge in [0.1, 0.15) is 0 Å². The Hall–Kier alpha value is -0.980. The number of amides is 1. The molecule has 0 atom stereocenters.